The summed E-state index contributed by atoms with van der Waals surface area (Å²) in [6.45, 7) is 2.01. The van der Waals surface area contributed by atoms with Crippen molar-refractivity contribution in [1.29, 1.82) is 0 Å². The summed E-state index contributed by atoms with van der Waals surface area (Å²) in [6.07, 6.45) is -0.616. The van der Waals surface area contributed by atoms with Crippen molar-refractivity contribution in [3.63, 3.8) is 0 Å². The molecule has 5 rings (SSSR count). The Balaban J connectivity index is 1.45. The summed E-state index contributed by atoms with van der Waals surface area (Å²) in [5.41, 5.74) is 0.214. The Labute approximate surface area is 251 Å². The molecule has 1 aliphatic heterocycles. The van der Waals surface area contributed by atoms with Gasteiger partial charge in [0.05, 0.1) is 31.7 Å². The average molecular weight is 642 g/mol. The highest BCUT2D eigenvalue weighted by molar-refractivity contribution is 6.40. The molecule has 7 nitrogen and oxygen atoms in total. The Morgan fingerprint density at radius 1 is 0.953 bits per heavy atom. The Morgan fingerprint density at radius 3 is 2.21 bits per heavy atom. The topological polar surface area (TPSA) is 85.6 Å². The third kappa shape index (κ3) is 6.11. The van der Waals surface area contributed by atoms with Crippen LogP contribution in [0.3, 0.4) is 0 Å². The fourth-order valence-electron chi connectivity index (χ4n) is 4.75. The van der Waals surface area contributed by atoms with Crippen molar-refractivity contribution in [2.24, 2.45) is 5.92 Å². The van der Waals surface area contributed by atoms with Crippen LogP contribution in [0.2, 0.25) is 10.3 Å². The summed E-state index contributed by atoms with van der Waals surface area (Å²) >= 11 is 12.3. The van der Waals surface area contributed by atoms with Crippen LogP contribution in [0.1, 0.15) is 46.4 Å². The van der Waals surface area contributed by atoms with Crippen molar-refractivity contribution in [1.82, 2.24) is 9.55 Å². The van der Waals surface area contributed by atoms with Gasteiger partial charge in [0.15, 0.2) is 34.7 Å². The van der Waals surface area contributed by atoms with E-state index in [1.165, 1.54) is 24.5 Å². The average Bonchev–Trinajstić information content (AvgIpc) is 3.32. The molecular formula is C29H22Cl2F5N3O4. The summed E-state index contributed by atoms with van der Waals surface area (Å²) in [7, 11) is 0. The molecule has 14 heteroatoms. The molecule has 43 heavy (non-hydrogen) atoms. The summed E-state index contributed by atoms with van der Waals surface area (Å²) < 4.78 is 83.4. The monoisotopic (exact) mass is 641 g/mol. The zero-order chi connectivity index (χ0) is 31.0. The third-order valence-corrected chi connectivity index (χ3v) is 7.86. The lowest BCUT2D eigenvalue weighted by Crippen LogP contribution is -2.39. The maximum absolute atomic E-state index is 14.2. The molecule has 3 aromatic carbocycles. The van der Waals surface area contributed by atoms with Crippen LogP contribution >= 0.6 is 23.2 Å². The molecule has 1 aliphatic rings. The van der Waals surface area contributed by atoms with Crippen LogP contribution in [0, 0.1) is 35.0 Å². The van der Waals surface area contributed by atoms with E-state index in [1.807, 2.05) is 19.1 Å². The quantitative estimate of drug-likeness (QED) is 0.127. The van der Waals surface area contributed by atoms with Gasteiger partial charge in [0.2, 0.25) is 5.82 Å². The standard InChI is InChI=1S/C29H22Cl2F5N3O4/c1-13-18(10-39-12-37-26(30)27(39)31)42-29(43-25(13)15-7-5-14(11-40)6-8-15)16-3-2-4-17(9-16)38-28(41)19-20(32)22(34)24(36)23(35)21(19)33/h2-9,12-13,18,25,29,40H,10-11H2,1H3,(H,38,41)/t13-,18+,25+,29+/m0/s1. The van der Waals surface area contributed by atoms with Gasteiger partial charge in [-0.05, 0) is 23.3 Å². The zero-order valence-corrected chi connectivity index (χ0v) is 23.6. The van der Waals surface area contributed by atoms with Crippen LogP contribution in [-0.4, -0.2) is 26.7 Å². The normalized spacial score (nSPS) is 20.3. The van der Waals surface area contributed by atoms with Crippen molar-refractivity contribution in [2.75, 3.05) is 5.32 Å². The molecule has 1 fully saturated rings. The second kappa shape index (κ2) is 12.6. The molecule has 0 saturated carbocycles. The van der Waals surface area contributed by atoms with Crippen LogP contribution in [0.15, 0.2) is 54.9 Å². The number of aliphatic hydroxyl groups is 1. The number of benzene rings is 3. The Hall–Kier alpha value is -3.55. The van der Waals surface area contributed by atoms with E-state index in [0.717, 1.165) is 5.56 Å². The van der Waals surface area contributed by atoms with Crippen LogP contribution in [0.25, 0.3) is 0 Å². The van der Waals surface area contributed by atoms with Gasteiger partial charge >= 0.3 is 0 Å². The number of halogens is 7. The van der Waals surface area contributed by atoms with Gasteiger partial charge in [-0.25, -0.2) is 26.9 Å². The van der Waals surface area contributed by atoms with E-state index in [4.69, 9.17) is 32.7 Å². The summed E-state index contributed by atoms with van der Waals surface area (Å²) in [5, 5.41) is 11.9. The predicted octanol–water partition coefficient (Wildman–Crippen LogP) is 7.12. The van der Waals surface area contributed by atoms with Gasteiger partial charge in [-0.1, -0.05) is 66.5 Å². The molecule has 2 N–H and O–H groups in total. The lowest BCUT2D eigenvalue weighted by molar-refractivity contribution is -0.276. The number of anilines is 1. The molecule has 0 radical (unpaired) electrons. The molecule has 4 aromatic rings. The first-order valence-corrected chi connectivity index (χ1v) is 13.5. The number of aliphatic hydroxyl groups excluding tert-OH is 1. The number of ether oxygens (including phenoxy) is 2. The van der Waals surface area contributed by atoms with E-state index in [1.54, 1.807) is 22.8 Å². The molecule has 2 heterocycles. The number of rotatable bonds is 7. The van der Waals surface area contributed by atoms with E-state index in [-0.39, 0.29) is 35.1 Å². The van der Waals surface area contributed by atoms with Crippen molar-refractivity contribution in [3.8, 4) is 0 Å². The largest absolute Gasteiger partial charge is 0.392 e. The second-order valence-corrected chi connectivity index (χ2v) is 10.5. The van der Waals surface area contributed by atoms with Crippen LogP contribution in [-0.2, 0) is 22.6 Å². The Bertz CT molecular complexity index is 1640. The summed E-state index contributed by atoms with van der Waals surface area (Å²) in [4.78, 5) is 16.6. The smallest absolute Gasteiger partial charge is 0.261 e. The number of hydrogen-bond acceptors (Lipinski definition) is 5. The number of hydrogen-bond donors (Lipinski definition) is 2. The lowest BCUT2D eigenvalue weighted by Gasteiger charge is -2.41. The molecule has 0 spiro atoms. The molecule has 0 unspecified atom stereocenters. The third-order valence-electron chi connectivity index (χ3n) is 7.09. The highest BCUT2D eigenvalue weighted by atomic mass is 35.5. The summed E-state index contributed by atoms with van der Waals surface area (Å²) in [5.74, 6) is -13.1. The maximum atomic E-state index is 14.2. The Kier molecular flexibility index (Phi) is 9.04. The number of nitrogens with zero attached hydrogens (tertiary/aromatic N) is 2. The first-order valence-electron chi connectivity index (χ1n) is 12.8. The lowest BCUT2D eigenvalue weighted by atomic mass is 9.90. The maximum Gasteiger partial charge on any atom is 0.261 e. The molecule has 1 aromatic heterocycles. The van der Waals surface area contributed by atoms with Crippen molar-refractivity contribution in [2.45, 2.75) is 38.6 Å². The van der Waals surface area contributed by atoms with E-state index in [0.29, 0.717) is 11.1 Å². The van der Waals surface area contributed by atoms with Gasteiger partial charge in [0.1, 0.15) is 10.7 Å². The number of imidazole rings is 1. The predicted molar refractivity (Wildman–Crippen MR) is 146 cm³/mol. The fourth-order valence-corrected chi connectivity index (χ4v) is 5.07. The Morgan fingerprint density at radius 2 is 1.60 bits per heavy atom. The van der Waals surface area contributed by atoms with Crippen LogP contribution in [0.4, 0.5) is 27.6 Å². The van der Waals surface area contributed by atoms with Gasteiger partial charge in [-0.3, -0.25) is 4.79 Å². The van der Waals surface area contributed by atoms with E-state index in [2.05, 4.69) is 10.3 Å². The van der Waals surface area contributed by atoms with Gasteiger partial charge in [0.25, 0.3) is 5.91 Å². The van der Waals surface area contributed by atoms with Crippen molar-refractivity contribution >= 4 is 34.8 Å². The number of carbonyl (C=O) groups excluding carboxylic acids is 1. The molecule has 1 saturated heterocycles. The number of carbonyl (C=O) groups is 1. The number of aromatic nitrogens is 2. The molecule has 226 valence electrons. The number of nitrogens with one attached hydrogen (secondary N) is 1. The van der Waals surface area contributed by atoms with Gasteiger partial charge in [0, 0.05) is 17.2 Å². The van der Waals surface area contributed by atoms with E-state index < -0.39 is 59.1 Å². The first kappa shape index (κ1) is 30.9. The van der Waals surface area contributed by atoms with Gasteiger partial charge in [-0.15, -0.1) is 0 Å². The van der Waals surface area contributed by atoms with Crippen molar-refractivity contribution in [3.05, 3.63) is 117 Å². The molecule has 1 amide bonds. The highest BCUT2D eigenvalue weighted by Gasteiger charge is 2.39. The second-order valence-electron chi connectivity index (χ2n) is 9.83. The zero-order valence-electron chi connectivity index (χ0n) is 22.1. The minimum Gasteiger partial charge on any atom is -0.392 e. The minimum atomic E-state index is -2.37. The van der Waals surface area contributed by atoms with Crippen LogP contribution in [0.5, 0.6) is 0 Å². The van der Waals surface area contributed by atoms with Crippen molar-refractivity contribution < 1.29 is 41.3 Å². The van der Waals surface area contributed by atoms with Gasteiger partial charge in [-0.2, -0.15) is 0 Å². The molecular weight excluding hydrogens is 620 g/mol. The van der Waals surface area contributed by atoms with E-state index in [9.17, 15) is 31.9 Å². The molecule has 0 bridgehead atoms. The van der Waals surface area contributed by atoms with Crippen LogP contribution < -0.4 is 5.32 Å². The molecule has 0 aliphatic carbocycles. The fraction of sp³-hybridized carbons (Fsp3) is 0.241. The molecule has 4 atom stereocenters. The van der Waals surface area contributed by atoms with E-state index >= 15 is 0 Å². The van der Waals surface area contributed by atoms with Gasteiger partial charge < -0.3 is 24.5 Å². The SMILES string of the molecule is C[C@H]1[C@@H](Cn2cnc(Cl)c2Cl)O[C@@H](c2cccc(NC(=O)c3c(F)c(F)c(F)c(F)c3F)c2)O[C@H]1c1ccc(CO)cc1. The highest BCUT2D eigenvalue weighted by Crippen LogP contribution is 2.43. The first-order chi connectivity index (χ1) is 20.5. The summed E-state index contributed by atoms with van der Waals surface area (Å²) in [6, 6.07) is 13.0. The minimum absolute atomic E-state index is 0.0258. The number of amides is 1.